The lowest BCUT2D eigenvalue weighted by Gasteiger charge is -2.27. The Kier molecular flexibility index (Phi) is 3.97. The van der Waals surface area contributed by atoms with Crippen molar-refractivity contribution in [1.82, 2.24) is 4.90 Å². The van der Waals surface area contributed by atoms with Gasteiger partial charge in [-0.15, -0.1) is 0 Å². The van der Waals surface area contributed by atoms with Gasteiger partial charge < -0.3 is 5.21 Å². The topological polar surface area (TPSA) is 35.8 Å². The van der Waals surface area contributed by atoms with Gasteiger partial charge in [-0.3, -0.25) is 4.90 Å². The first-order valence-electron chi connectivity index (χ1n) is 5.55. The second-order valence-electron chi connectivity index (χ2n) is 4.16. The zero-order valence-corrected chi connectivity index (χ0v) is 10.1. The Balaban J connectivity index is 2.00. The SMILES string of the molecule is ON=C1CCN(Cc2cccc(Cl)c2F)CC1. The van der Waals surface area contributed by atoms with Crippen molar-refractivity contribution in [1.29, 1.82) is 0 Å². The van der Waals surface area contributed by atoms with Gasteiger partial charge in [-0.1, -0.05) is 28.9 Å². The van der Waals surface area contributed by atoms with Gasteiger partial charge in [0.25, 0.3) is 0 Å². The number of rotatable bonds is 2. The van der Waals surface area contributed by atoms with E-state index in [2.05, 4.69) is 10.1 Å². The van der Waals surface area contributed by atoms with Crippen molar-refractivity contribution in [3.8, 4) is 0 Å². The van der Waals surface area contributed by atoms with E-state index in [-0.39, 0.29) is 10.8 Å². The van der Waals surface area contributed by atoms with Crippen LogP contribution < -0.4 is 0 Å². The van der Waals surface area contributed by atoms with Gasteiger partial charge in [-0.2, -0.15) is 0 Å². The highest BCUT2D eigenvalue weighted by atomic mass is 35.5. The molecule has 0 radical (unpaired) electrons. The van der Waals surface area contributed by atoms with E-state index in [0.29, 0.717) is 12.1 Å². The molecule has 92 valence electrons. The maximum atomic E-state index is 13.7. The fourth-order valence-electron chi connectivity index (χ4n) is 1.98. The summed E-state index contributed by atoms with van der Waals surface area (Å²) < 4.78 is 13.7. The van der Waals surface area contributed by atoms with E-state index in [9.17, 15) is 4.39 Å². The number of benzene rings is 1. The van der Waals surface area contributed by atoms with Crippen molar-refractivity contribution in [3.63, 3.8) is 0 Å². The minimum atomic E-state index is -0.337. The molecule has 17 heavy (non-hydrogen) atoms. The molecule has 1 aromatic carbocycles. The molecular formula is C12H14ClFN2O. The zero-order chi connectivity index (χ0) is 12.3. The van der Waals surface area contributed by atoms with Crippen LogP contribution in [0.15, 0.2) is 23.4 Å². The zero-order valence-electron chi connectivity index (χ0n) is 9.37. The molecule has 0 bridgehead atoms. The number of nitrogens with zero attached hydrogens (tertiary/aromatic N) is 2. The minimum absolute atomic E-state index is 0.164. The highest BCUT2D eigenvalue weighted by Crippen LogP contribution is 2.20. The Morgan fingerprint density at radius 1 is 1.35 bits per heavy atom. The summed E-state index contributed by atoms with van der Waals surface area (Å²) in [5, 5.41) is 12.0. The van der Waals surface area contributed by atoms with Crippen LogP contribution >= 0.6 is 11.6 Å². The first-order chi connectivity index (χ1) is 8.20. The van der Waals surface area contributed by atoms with Gasteiger partial charge >= 0.3 is 0 Å². The lowest BCUT2D eigenvalue weighted by Crippen LogP contribution is -2.33. The molecule has 0 aromatic heterocycles. The average molecular weight is 257 g/mol. The Morgan fingerprint density at radius 3 is 2.71 bits per heavy atom. The van der Waals surface area contributed by atoms with Crippen LogP contribution in [-0.2, 0) is 6.54 Å². The molecule has 0 amide bonds. The maximum Gasteiger partial charge on any atom is 0.146 e. The van der Waals surface area contributed by atoms with Crippen LogP contribution in [0.4, 0.5) is 4.39 Å². The molecule has 1 aromatic rings. The van der Waals surface area contributed by atoms with Crippen LogP contribution in [0.1, 0.15) is 18.4 Å². The third-order valence-electron chi connectivity index (χ3n) is 3.00. The monoisotopic (exact) mass is 256 g/mol. The van der Waals surface area contributed by atoms with Gasteiger partial charge in [-0.25, -0.2) is 4.39 Å². The van der Waals surface area contributed by atoms with Crippen LogP contribution in [0.3, 0.4) is 0 Å². The average Bonchev–Trinajstić information content (AvgIpc) is 2.36. The normalized spacial score (nSPS) is 17.2. The minimum Gasteiger partial charge on any atom is -0.411 e. The molecular weight excluding hydrogens is 243 g/mol. The van der Waals surface area contributed by atoms with Gasteiger partial charge in [-0.05, 0) is 6.07 Å². The van der Waals surface area contributed by atoms with Gasteiger partial charge in [0.1, 0.15) is 5.82 Å². The number of likely N-dealkylation sites (tertiary alicyclic amines) is 1. The number of oxime groups is 1. The van der Waals surface area contributed by atoms with Crippen molar-refractivity contribution in [3.05, 3.63) is 34.6 Å². The van der Waals surface area contributed by atoms with Crippen molar-refractivity contribution >= 4 is 17.3 Å². The summed E-state index contributed by atoms with van der Waals surface area (Å²) in [5.74, 6) is -0.337. The van der Waals surface area contributed by atoms with E-state index in [1.165, 1.54) is 0 Å². The summed E-state index contributed by atoms with van der Waals surface area (Å²) >= 11 is 5.73. The first kappa shape index (κ1) is 12.3. The molecule has 0 atom stereocenters. The van der Waals surface area contributed by atoms with E-state index >= 15 is 0 Å². The van der Waals surface area contributed by atoms with E-state index in [1.54, 1.807) is 18.2 Å². The van der Waals surface area contributed by atoms with Crippen molar-refractivity contribution in [2.24, 2.45) is 5.16 Å². The number of hydrogen-bond donors (Lipinski definition) is 1. The van der Waals surface area contributed by atoms with Crippen molar-refractivity contribution in [2.75, 3.05) is 13.1 Å². The van der Waals surface area contributed by atoms with Gasteiger partial charge in [0.05, 0.1) is 10.7 Å². The molecule has 1 saturated heterocycles. The van der Waals surface area contributed by atoms with E-state index in [4.69, 9.17) is 16.8 Å². The standard InChI is InChI=1S/C12H14ClFN2O/c13-11-3-1-2-9(12(11)14)8-16-6-4-10(15-17)5-7-16/h1-3,17H,4-8H2. The molecule has 3 nitrogen and oxygen atoms in total. The van der Waals surface area contributed by atoms with E-state index in [1.807, 2.05) is 0 Å². The predicted octanol–water partition coefficient (Wildman–Crippen LogP) is 2.91. The third kappa shape index (κ3) is 2.96. The molecule has 1 aliphatic rings. The van der Waals surface area contributed by atoms with Crippen LogP contribution in [0.25, 0.3) is 0 Å². The van der Waals surface area contributed by atoms with Gasteiger partial charge in [0, 0.05) is 38.0 Å². The molecule has 1 fully saturated rings. The first-order valence-corrected chi connectivity index (χ1v) is 5.93. The lowest BCUT2D eigenvalue weighted by molar-refractivity contribution is 0.253. The largest absolute Gasteiger partial charge is 0.411 e. The van der Waals surface area contributed by atoms with E-state index in [0.717, 1.165) is 31.6 Å². The Bertz CT molecular complexity index is 427. The highest BCUT2D eigenvalue weighted by Gasteiger charge is 2.17. The smallest absolute Gasteiger partial charge is 0.146 e. The number of piperidine rings is 1. The number of hydrogen-bond acceptors (Lipinski definition) is 3. The van der Waals surface area contributed by atoms with Crippen molar-refractivity contribution in [2.45, 2.75) is 19.4 Å². The highest BCUT2D eigenvalue weighted by molar-refractivity contribution is 6.30. The van der Waals surface area contributed by atoms with E-state index < -0.39 is 0 Å². The van der Waals surface area contributed by atoms with Crippen LogP contribution in [0, 0.1) is 5.82 Å². The van der Waals surface area contributed by atoms with Crippen LogP contribution in [0.5, 0.6) is 0 Å². The van der Waals surface area contributed by atoms with Gasteiger partial charge in [0.2, 0.25) is 0 Å². The Labute approximate surface area is 104 Å². The molecule has 0 spiro atoms. The van der Waals surface area contributed by atoms with Crippen LogP contribution in [0.2, 0.25) is 5.02 Å². The molecule has 2 rings (SSSR count). The summed E-state index contributed by atoms with van der Waals surface area (Å²) in [6, 6.07) is 5.05. The summed E-state index contributed by atoms with van der Waals surface area (Å²) in [4.78, 5) is 2.13. The lowest BCUT2D eigenvalue weighted by atomic mass is 10.1. The second-order valence-corrected chi connectivity index (χ2v) is 4.56. The fraction of sp³-hybridized carbons (Fsp3) is 0.417. The maximum absolute atomic E-state index is 13.7. The Morgan fingerprint density at radius 2 is 2.06 bits per heavy atom. The van der Waals surface area contributed by atoms with Gasteiger partial charge in [0.15, 0.2) is 0 Å². The fourth-order valence-corrected chi connectivity index (χ4v) is 2.17. The summed E-state index contributed by atoms with van der Waals surface area (Å²) in [5.41, 5.74) is 1.43. The molecule has 1 aliphatic heterocycles. The quantitative estimate of drug-likeness (QED) is 0.652. The molecule has 0 aliphatic carbocycles. The van der Waals surface area contributed by atoms with Crippen molar-refractivity contribution < 1.29 is 9.60 Å². The molecule has 1 N–H and O–H groups in total. The Hall–Kier alpha value is -1.13. The number of halogens is 2. The summed E-state index contributed by atoms with van der Waals surface area (Å²) in [6.07, 6.45) is 1.47. The third-order valence-corrected chi connectivity index (χ3v) is 3.29. The molecule has 0 saturated carbocycles. The second kappa shape index (κ2) is 5.47. The molecule has 5 heteroatoms. The summed E-state index contributed by atoms with van der Waals surface area (Å²) in [6.45, 7) is 2.11. The van der Waals surface area contributed by atoms with Crippen LogP contribution in [-0.4, -0.2) is 28.9 Å². The summed E-state index contributed by atoms with van der Waals surface area (Å²) in [7, 11) is 0. The predicted molar refractivity (Wildman–Crippen MR) is 65.1 cm³/mol. The molecule has 1 heterocycles. The molecule has 0 unspecified atom stereocenters.